The Morgan fingerprint density at radius 3 is 2.64 bits per heavy atom. The summed E-state index contributed by atoms with van der Waals surface area (Å²) >= 11 is 0. The van der Waals surface area contributed by atoms with E-state index in [-0.39, 0.29) is 5.60 Å². The number of urea groups is 1. The minimum absolute atomic E-state index is 0.346. The number of para-hydroxylation sites is 1. The SMILES string of the molecule is CC1(C)Cc2cccc(OCC(=O)OCC(=O)NC(=O)Nc3ccc4c(c3)OCCO4)c2O1. The van der Waals surface area contributed by atoms with Crippen molar-refractivity contribution in [1.29, 1.82) is 0 Å². The van der Waals surface area contributed by atoms with Gasteiger partial charge in [-0.15, -0.1) is 0 Å². The highest BCUT2D eigenvalue weighted by atomic mass is 16.6. The van der Waals surface area contributed by atoms with Crippen LogP contribution in [0.3, 0.4) is 0 Å². The molecular weight excluding hydrogens is 432 g/mol. The van der Waals surface area contributed by atoms with Crippen LogP contribution in [0, 0.1) is 0 Å². The number of fused-ring (bicyclic) bond motifs is 2. The van der Waals surface area contributed by atoms with Gasteiger partial charge in [-0.3, -0.25) is 10.1 Å². The van der Waals surface area contributed by atoms with Crippen LogP contribution in [-0.2, 0) is 20.7 Å². The first-order valence-electron chi connectivity index (χ1n) is 10.4. The highest BCUT2D eigenvalue weighted by Crippen LogP contribution is 2.41. The van der Waals surface area contributed by atoms with E-state index in [1.165, 1.54) is 0 Å². The molecule has 2 N–H and O–H groups in total. The molecule has 174 valence electrons. The van der Waals surface area contributed by atoms with Crippen molar-refractivity contribution in [2.24, 2.45) is 0 Å². The third-order valence-corrected chi connectivity index (χ3v) is 4.82. The molecule has 3 amide bonds. The molecule has 10 nitrogen and oxygen atoms in total. The number of hydrogen-bond donors (Lipinski definition) is 2. The Balaban J connectivity index is 1.20. The lowest BCUT2D eigenvalue weighted by molar-refractivity contribution is -0.150. The first-order chi connectivity index (χ1) is 15.8. The van der Waals surface area contributed by atoms with Crippen LogP contribution >= 0.6 is 0 Å². The van der Waals surface area contributed by atoms with Crippen molar-refractivity contribution in [3.8, 4) is 23.0 Å². The molecule has 0 saturated carbocycles. The van der Waals surface area contributed by atoms with Gasteiger partial charge in [0.15, 0.2) is 36.2 Å². The third kappa shape index (κ3) is 5.65. The summed E-state index contributed by atoms with van der Waals surface area (Å²) in [6.45, 7) is 3.76. The fraction of sp³-hybridized carbons (Fsp3) is 0.348. The zero-order chi connectivity index (χ0) is 23.4. The molecule has 0 fully saturated rings. The summed E-state index contributed by atoms with van der Waals surface area (Å²) in [6, 6.07) is 9.53. The van der Waals surface area contributed by atoms with Crippen LogP contribution in [0.15, 0.2) is 36.4 Å². The highest BCUT2D eigenvalue weighted by Gasteiger charge is 2.32. The zero-order valence-electron chi connectivity index (χ0n) is 18.3. The van der Waals surface area contributed by atoms with Crippen molar-refractivity contribution in [3.63, 3.8) is 0 Å². The van der Waals surface area contributed by atoms with Crippen molar-refractivity contribution in [3.05, 3.63) is 42.0 Å². The van der Waals surface area contributed by atoms with Gasteiger partial charge in [0.25, 0.3) is 5.91 Å². The van der Waals surface area contributed by atoms with Gasteiger partial charge in [-0.1, -0.05) is 12.1 Å². The monoisotopic (exact) mass is 456 g/mol. The minimum atomic E-state index is -0.788. The molecule has 0 bridgehead atoms. The predicted octanol–water partition coefficient (Wildman–Crippen LogP) is 2.44. The van der Waals surface area contributed by atoms with Gasteiger partial charge in [-0.25, -0.2) is 9.59 Å². The molecule has 0 unspecified atom stereocenters. The van der Waals surface area contributed by atoms with E-state index in [2.05, 4.69) is 10.6 Å². The fourth-order valence-corrected chi connectivity index (χ4v) is 3.47. The maximum absolute atomic E-state index is 12.0. The Labute approximate surface area is 190 Å². The van der Waals surface area contributed by atoms with Crippen LogP contribution in [0.5, 0.6) is 23.0 Å². The number of amides is 3. The Morgan fingerprint density at radius 2 is 1.82 bits per heavy atom. The van der Waals surface area contributed by atoms with Crippen LogP contribution in [-0.4, -0.2) is 49.9 Å². The van der Waals surface area contributed by atoms with Gasteiger partial charge < -0.3 is 29.0 Å². The Hall–Kier alpha value is -3.95. The van der Waals surface area contributed by atoms with Crippen LogP contribution in [0.2, 0.25) is 0 Å². The summed E-state index contributed by atoms with van der Waals surface area (Å²) in [7, 11) is 0. The first-order valence-corrected chi connectivity index (χ1v) is 10.4. The first kappa shape index (κ1) is 22.3. The van der Waals surface area contributed by atoms with Crippen LogP contribution in [0.4, 0.5) is 10.5 Å². The van der Waals surface area contributed by atoms with E-state index in [0.29, 0.717) is 41.9 Å². The molecule has 10 heteroatoms. The van der Waals surface area contributed by atoms with E-state index in [4.69, 9.17) is 23.7 Å². The molecule has 0 aromatic heterocycles. The fourth-order valence-electron chi connectivity index (χ4n) is 3.47. The average molecular weight is 456 g/mol. The smallest absolute Gasteiger partial charge is 0.344 e. The van der Waals surface area contributed by atoms with Gasteiger partial charge in [0.2, 0.25) is 0 Å². The molecule has 0 radical (unpaired) electrons. The largest absolute Gasteiger partial charge is 0.486 e. The number of nitrogens with one attached hydrogen (secondary N) is 2. The van der Waals surface area contributed by atoms with Gasteiger partial charge in [0.1, 0.15) is 18.8 Å². The number of ether oxygens (including phenoxy) is 5. The molecule has 2 aliphatic heterocycles. The molecule has 2 aliphatic rings. The lowest BCUT2D eigenvalue weighted by Gasteiger charge is -2.19. The summed E-state index contributed by atoms with van der Waals surface area (Å²) in [4.78, 5) is 35.9. The molecule has 2 aromatic rings. The summed E-state index contributed by atoms with van der Waals surface area (Å²) in [5.41, 5.74) is 1.06. The second-order valence-corrected chi connectivity index (χ2v) is 8.09. The molecule has 2 aromatic carbocycles. The van der Waals surface area contributed by atoms with E-state index in [1.807, 2.05) is 26.0 Å². The van der Waals surface area contributed by atoms with Gasteiger partial charge in [0.05, 0.1) is 0 Å². The summed E-state index contributed by atoms with van der Waals surface area (Å²) in [5, 5.41) is 4.58. The number of esters is 1. The third-order valence-electron chi connectivity index (χ3n) is 4.82. The normalized spacial score (nSPS) is 15.0. The molecule has 0 atom stereocenters. The van der Waals surface area contributed by atoms with Gasteiger partial charge >= 0.3 is 12.0 Å². The second kappa shape index (κ2) is 9.27. The van der Waals surface area contributed by atoms with E-state index in [9.17, 15) is 14.4 Å². The number of carbonyl (C=O) groups excluding carboxylic acids is 3. The number of imide groups is 1. The lowest BCUT2D eigenvalue weighted by atomic mass is 10.0. The number of carbonyl (C=O) groups is 3. The van der Waals surface area contributed by atoms with Crippen molar-refractivity contribution in [1.82, 2.24) is 5.32 Å². The van der Waals surface area contributed by atoms with E-state index >= 15 is 0 Å². The Bertz CT molecular complexity index is 1080. The highest BCUT2D eigenvalue weighted by molar-refractivity contribution is 6.02. The Morgan fingerprint density at radius 1 is 1.03 bits per heavy atom. The van der Waals surface area contributed by atoms with Crippen LogP contribution < -0.4 is 29.6 Å². The van der Waals surface area contributed by atoms with Gasteiger partial charge in [-0.05, 0) is 32.0 Å². The van der Waals surface area contributed by atoms with Crippen LogP contribution in [0.1, 0.15) is 19.4 Å². The van der Waals surface area contributed by atoms with Crippen LogP contribution in [0.25, 0.3) is 0 Å². The minimum Gasteiger partial charge on any atom is -0.486 e. The molecule has 0 spiro atoms. The average Bonchev–Trinajstić information content (AvgIpc) is 3.10. The van der Waals surface area contributed by atoms with E-state index in [0.717, 1.165) is 12.0 Å². The lowest BCUT2D eigenvalue weighted by Crippen LogP contribution is -2.37. The standard InChI is InChI=1S/C23H24N2O8/c1-23(2)11-14-4-3-5-17(21(14)33-23)31-13-20(27)32-12-19(26)25-22(28)24-15-6-7-16-18(10-15)30-9-8-29-16/h3-7,10H,8-9,11-13H2,1-2H3,(H2,24,25,26,28). The second-order valence-electron chi connectivity index (χ2n) is 8.09. The van der Waals surface area contributed by atoms with E-state index < -0.39 is 31.1 Å². The molecular formula is C23H24N2O8. The predicted molar refractivity (Wildman–Crippen MR) is 116 cm³/mol. The summed E-state index contributed by atoms with van der Waals surface area (Å²) in [6.07, 6.45) is 0.735. The molecule has 33 heavy (non-hydrogen) atoms. The van der Waals surface area contributed by atoms with Crippen molar-refractivity contribution in [2.45, 2.75) is 25.9 Å². The number of benzene rings is 2. The van der Waals surface area contributed by atoms with Crippen molar-refractivity contribution >= 4 is 23.6 Å². The zero-order valence-corrected chi connectivity index (χ0v) is 18.3. The van der Waals surface area contributed by atoms with Gasteiger partial charge in [-0.2, -0.15) is 0 Å². The van der Waals surface area contributed by atoms with E-state index in [1.54, 1.807) is 24.3 Å². The van der Waals surface area contributed by atoms with Crippen molar-refractivity contribution in [2.75, 3.05) is 31.7 Å². The van der Waals surface area contributed by atoms with Gasteiger partial charge in [0, 0.05) is 23.7 Å². The number of rotatable bonds is 6. The maximum Gasteiger partial charge on any atom is 0.344 e. The van der Waals surface area contributed by atoms with Crippen molar-refractivity contribution < 1.29 is 38.1 Å². The maximum atomic E-state index is 12.0. The molecule has 0 saturated heterocycles. The quantitative estimate of drug-likeness (QED) is 0.636. The number of anilines is 1. The molecule has 0 aliphatic carbocycles. The summed E-state index contributed by atoms with van der Waals surface area (Å²) < 4.78 is 27.1. The molecule has 2 heterocycles. The molecule has 4 rings (SSSR count). The summed E-state index contributed by atoms with van der Waals surface area (Å²) in [5.74, 6) is 0.559. The Kier molecular flexibility index (Phi) is 6.25. The number of hydrogen-bond acceptors (Lipinski definition) is 8. The topological polar surface area (TPSA) is 121 Å².